The Balaban J connectivity index is 1.68. The lowest BCUT2D eigenvalue weighted by Gasteiger charge is -2.28. The van der Waals surface area contributed by atoms with Gasteiger partial charge < -0.3 is 20.1 Å². The van der Waals surface area contributed by atoms with Crippen LogP contribution >= 0.6 is 0 Å². The number of benzene rings is 2. The fourth-order valence-corrected chi connectivity index (χ4v) is 2.79. The van der Waals surface area contributed by atoms with E-state index in [2.05, 4.69) is 10.6 Å². The van der Waals surface area contributed by atoms with Gasteiger partial charge in [0, 0.05) is 5.70 Å². The lowest BCUT2D eigenvalue weighted by Crippen LogP contribution is -2.45. The molecule has 0 radical (unpaired) electrons. The predicted octanol–water partition coefficient (Wildman–Crippen LogP) is 3.08. The van der Waals surface area contributed by atoms with Crippen molar-refractivity contribution in [3.05, 3.63) is 77.2 Å². The molecule has 0 unspecified atom stereocenters. The van der Waals surface area contributed by atoms with E-state index in [1.54, 1.807) is 25.1 Å². The molecule has 2 N–H and O–H groups in total. The number of hydrogen-bond donors (Lipinski definition) is 2. The molecule has 1 heterocycles. The summed E-state index contributed by atoms with van der Waals surface area (Å²) in [5, 5.41) is 5.18. The SMILES string of the molecule is CC1=C(C(=O)OCCOc2ccccc2)[C@H](c2cccc(F)c2)NC(=O)N1. The second-order valence-electron chi connectivity index (χ2n) is 5.92. The van der Waals surface area contributed by atoms with Gasteiger partial charge >= 0.3 is 12.0 Å². The quantitative estimate of drug-likeness (QED) is 0.605. The molecule has 0 aromatic heterocycles. The zero-order valence-electron chi connectivity index (χ0n) is 14.7. The number of halogens is 1. The van der Waals surface area contributed by atoms with E-state index in [4.69, 9.17) is 9.47 Å². The summed E-state index contributed by atoms with van der Waals surface area (Å²) in [6.45, 7) is 1.82. The smallest absolute Gasteiger partial charge is 0.338 e. The van der Waals surface area contributed by atoms with Crippen molar-refractivity contribution in [2.24, 2.45) is 0 Å². The summed E-state index contributed by atoms with van der Waals surface area (Å²) in [7, 11) is 0. The van der Waals surface area contributed by atoms with Gasteiger partial charge in [0.15, 0.2) is 0 Å². The van der Waals surface area contributed by atoms with Crippen LogP contribution in [0.25, 0.3) is 0 Å². The van der Waals surface area contributed by atoms with E-state index >= 15 is 0 Å². The number of carbonyl (C=O) groups is 2. The molecule has 0 fully saturated rings. The van der Waals surface area contributed by atoms with Crippen molar-refractivity contribution in [3.8, 4) is 5.75 Å². The molecule has 0 aliphatic carbocycles. The zero-order chi connectivity index (χ0) is 19.2. The first-order chi connectivity index (χ1) is 13.0. The van der Waals surface area contributed by atoms with Crippen molar-refractivity contribution in [1.82, 2.24) is 10.6 Å². The number of amides is 2. The van der Waals surface area contributed by atoms with Crippen LogP contribution in [0.2, 0.25) is 0 Å². The molecular formula is C20H19FN2O4. The molecule has 0 spiro atoms. The Kier molecular flexibility index (Phi) is 5.71. The van der Waals surface area contributed by atoms with Crippen LogP contribution in [0.3, 0.4) is 0 Å². The molecule has 27 heavy (non-hydrogen) atoms. The van der Waals surface area contributed by atoms with Crippen molar-refractivity contribution >= 4 is 12.0 Å². The first-order valence-electron chi connectivity index (χ1n) is 8.43. The summed E-state index contributed by atoms with van der Waals surface area (Å²) in [5.74, 6) is -0.388. The van der Waals surface area contributed by atoms with E-state index in [-0.39, 0.29) is 18.8 Å². The maximum atomic E-state index is 13.6. The Hall–Kier alpha value is -3.35. The number of carbonyl (C=O) groups excluding carboxylic acids is 2. The Labute approximate surface area is 156 Å². The Morgan fingerprint density at radius 2 is 1.89 bits per heavy atom. The van der Waals surface area contributed by atoms with Gasteiger partial charge in [-0.2, -0.15) is 0 Å². The van der Waals surface area contributed by atoms with Crippen molar-refractivity contribution in [1.29, 1.82) is 0 Å². The van der Waals surface area contributed by atoms with E-state index in [1.165, 1.54) is 18.2 Å². The first kappa shape index (κ1) is 18.4. The van der Waals surface area contributed by atoms with Crippen molar-refractivity contribution in [2.75, 3.05) is 13.2 Å². The van der Waals surface area contributed by atoms with E-state index in [9.17, 15) is 14.0 Å². The lowest BCUT2D eigenvalue weighted by molar-refractivity contribution is -0.140. The third kappa shape index (κ3) is 4.63. The van der Waals surface area contributed by atoms with Crippen molar-refractivity contribution < 1.29 is 23.5 Å². The number of urea groups is 1. The molecule has 0 saturated heterocycles. The van der Waals surface area contributed by atoms with Gasteiger partial charge in [-0.3, -0.25) is 0 Å². The predicted molar refractivity (Wildman–Crippen MR) is 96.4 cm³/mol. The number of nitrogens with one attached hydrogen (secondary N) is 2. The van der Waals surface area contributed by atoms with Gasteiger partial charge in [-0.05, 0) is 36.8 Å². The second kappa shape index (κ2) is 8.35. The normalized spacial score (nSPS) is 16.4. The minimum absolute atomic E-state index is 0.0360. The van der Waals surface area contributed by atoms with Crippen LogP contribution in [0.15, 0.2) is 65.9 Å². The van der Waals surface area contributed by atoms with Gasteiger partial charge in [0.2, 0.25) is 0 Å². The largest absolute Gasteiger partial charge is 0.490 e. The molecule has 0 bridgehead atoms. The number of hydrogen-bond acceptors (Lipinski definition) is 4. The monoisotopic (exact) mass is 370 g/mol. The highest BCUT2D eigenvalue weighted by Crippen LogP contribution is 2.27. The lowest BCUT2D eigenvalue weighted by atomic mass is 9.95. The molecule has 3 rings (SSSR count). The molecule has 2 aromatic carbocycles. The zero-order valence-corrected chi connectivity index (χ0v) is 14.7. The van der Waals surface area contributed by atoms with Gasteiger partial charge in [-0.15, -0.1) is 0 Å². The fourth-order valence-electron chi connectivity index (χ4n) is 2.79. The van der Waals surface area contributed by atoms with Gasteiger partial charge in [-0.1, -0.05) is 30.3 Å². The van der Waals surface area contributed by atoms with E-state index in [0.29, 0.717) is 17.0 Å². The van der Waals surface area contributed by atoms with Crippen molar-refractivity contribution in [2.45, 2.75) is 13.0 Å². The topological polar surface area (TPSA) is 76.7 Å². The summed E-state index contributed by atoms with van der Waals surface area (Å²) < 4.78 is 24.3. The van der Waals surface area contributed by atoms with Crippen LogP contribution in [0, 0.1) is 5.82 Å². The van der Waals surface area contributed by atoms with E-state index in [0.717, 1.165) is 0 Å². The molecule has 140 valence electrons. The summed E-state index contributed by atoms with van der Waals surface area (Å²) in [6.07, 6.45) is 0. The van der Waals surface area contributed by atoms with Crippen LogP contribution in [0.4, 0.5) is 9.18 Å². The highest BCUT2D eigenvalue weighted by atomic mass is 19.1. The fraction of sp³-hybridized carbons (Fsp3) is 0.200. The van der Waals surface area contributed by atoms with Gasteiger partial charge in [0.1, 0.15) is 24.8 Å². The maximum absolute atomic E-state index is 13.6. The molecule has 6 nitrogen and oxygen atoms in total. The summed E-state index contributed by atoms with van der Waals surface area (Å²) in [4.78, 5) is 24.4. The van der Waals surface area contributed by atoms with Crippen LogP contribution in [0.5, 0.6) is 5.75 Å². The summed E-state index contributed by atoms with van der Waals surface area (Å²) >= 11 is 0. The number of ether oxygens (including phenoxy) is 2. The first-order valence-corrected chi connectivity index (χ1v) is 8.43. The average molecular weight is 370 g/mol. The summed E-state index contributed by atoms with van der Waals surface area (Å²) in [6, 6.07) is 13.6. The number of allylic oxidation sites excluding steroid dienone is 1. The second-order valence-corrected chi connectivity index (χ2v) is 5.92. The minimum atomic E-state index is -0.794. The Morgan fingerprint density at radius 1 is 1.11 bits per heavy atom. The van der Waals surface area contributed by atoms with Gasteiger partial charge in [-0.25, -0.2) is 14.0 Å². The molecule has 0 saturated carbocycles. The molecular weight excluding hydrogens is 351 g/mol. The van der Waals surface area contributed by atoms with Gasteiger partial charge in [0.05, 0.1) is 11.6 Å². The number of rotatable bonds is 6. The summed E-state index contributed by atoms with van der Waals surface area (Å²) in [5.41, 5.74) is 1.04. The van der Waals surface area contributed by atoms with Crippen LogP contribution in [-0.2, 0) is 9.53 Å². The van der Waals surface area contributed by atoms with Crippen LogP contribution in [-0.4, -0.2) is 25.2 Å². The molecule has 2 aromatic rings. The Morgan fingerprint density at radius 3 is 2.63 bits per heavy atom. The number of para-hydroxylation sites is 1. The Bertz CT molecular complexity index is 867. The average Bonchev–Trinajstić information content (AvgIpc) is 2.65. The highest BCUT2D eigenvalue weighted by Gasteiger charge is 2.32. The number of esters is 1. The van der Waals surface area contributed by atoms with E-state index < -0.39 is 23.9 Å². The van der Waals surface area contributed by atoms with E-state index in [1.807, 2.05) is 18.2 Å². The van der Waals surface area contributed by atoms with Crippen LogP contribution in [0.1, 0.15) is 18.5 Å². The van der Waals surface area contributed by atoms with Gasteiger partial charge in [0.25, 0.3) is 0 Å². The molecule has 2 amide bonds. The van der Waals surface area contributed by atoms with Crippen LogP contribution < -0.4 is 15.4 Å². The standard InChI is InChI=1S/C20H19FN2O4/c1-13-17(19(24)27-11-10-26-16-8-3-2-4-9-16)18(23-20(25)22-13)14-6-5-7-15(21)12-14/h2-9,12,18H,10-11H2,1H3,(H2,22,23,25)/t18-/m0/s1. The molecule has 1 aliphatic rings. The van der Waals surface area contributed by atoms with Crippen molar-refractivity contribution in [3.63, 3.8) is 0 Å². The maximum Gasteiger partial charge on any atom is 0.338 e. The molecule has 7 heteroatoms. The third-order valence-corrected chi connectivity index (χ3v) is 4.00. The molecule has 1 aliphatic heterocycles. The highest BCUT2D eigenvalue weighted by molar-refractivity contribution is 5.95. The third-order valence-electron chi connectivity index (χ3n) is 4.00. The molecule has 1 atom stereocenters. The minimum Gasteiger partial charge on any atom is -0.490 e.